The normalized spacial score (nSPS) is 10.1. The third kappa shape index (κ3) is 1.56. The molecule has 2 aromatic rings. The van der Waals surface area contributed by atoms with Crippen molar-refractivity contribution in [3.05, 3.63) is 35.7 Å². The van der Waals surface area contributed by atoms with Gasteiger partial charge < -0.3 is 4.74 Å². The van der Waals surface area contributed by atoms with Crippen LogP contribution in [0.1, 0.15) is 0 Å². The van der Waals surface area contributed by atoms with Crippen molar-refractivity contribution in [1.82, 2.24) is 14.8 Å². The zero-order valence-corrected chi connectivity index (χ0v) is 8.19. The second-order valence-corrected chi connectivity index (χ2v) is 3.01. The van der Waals surface area contributed by atoms with Gasteiger partial charge in [0.15, 0.2) is 0 Å². The van der Waals surface area contributed by atoms with Crippen molar-refractivity contribution in [1.29, 1.82) is 0 Å². The number of ether oxygens (including phenoxy) is 1. The monoisotopic (exact) mass is 208 g/mol. The van der Waals surface area contributed by atoms with Gasteiger partial charge in [-0.05, 0) is 12.1 Å². The van der Waals surface area contributed by atoms with Crippen LogP contribution >= 0.6 is 11.6 Å². The predicted molar refractivity (Wildman–Crippen MR) is 51.8 cm³/mol. The van der Waals surface area contributed by atoms with Gasteiger partial charge in [0, 0.05) is 12.4 Å². The lowest BCUT2D eigenvalue weighted by Gasteiger charge is -2.06. The summed E-state index contributed by atoms with van der Waals surface area (Å²) >= 11 is 5.82. The zero-order valence-electron chi connectivity index (χ0n) is 7.44. The molecule has 0 amide bonds. The highest BCUT2D eigenvalue weighted by atomic mass is 35.5. The van der Waals surface area contributed by atoms with E-state index in [1.165, 1.54) is 6.20 Å². The van der Waals surface area contributed by atoms with Gasteiger partial charge in [-0.2, -0.15) is 5.10 Å². The highest BCUT2D eigenvalue weighted by Gasteiger charge is 2.07. The first-order valence-electron chi connectivity index (χ1n) is 3.93. The summed E-state index contributed by atoms with van der Waals surface area (Å²) in [6.45, 7) is 0. The quantitative estimate of drug-likeness (QED) is 0.755. The van der Waals surface area contributed by atoms with E-state index >= 15 is 0 Å². The Morgan fingerprint density at radius 2 is 2.43 bits per heavy atom. The van der Waals surface area contributed by atoms with Crippen molar-refractivity contribution < 1.29 is 4.74 Å². The maximum Gasteiger partial charge on any atom is 0.239 e. The summed E-state index contributed by atoms with van der Waals surface area (Å²) in [5.41, 5.74) is 0.696. The minimum absolute atomic E-state index is 0.478. The average molecular weight is 209 g/mol. The second kappa shape index (κ2) is 3.67. The molecule has 0 unspecified atom stereocenters. The highest BCUT2D eigenvalue weighted by Crippen LogP contribution is 2.22. The van der Waals surface area contributed by atoms with Crippen LogP contribution in [-0.2, 0) is 0 Å². The largest absolute Gasteiger partial charge is 0.479 e. The Bertz CT molecular complexity index is 428. The fraction of sp³-hybridized carbons (Fsp3) is 0.111. The van der Waals surface area contributed by atoms with Crippen molar-refractivity contribution in [3.63, 3.8) is 0 Å². The molecule has 0 spiro atoms. The Kier molecular flexibility index (Phi) is 2.37. The first-order chi connectivity index (χ1) is 6.81. The van der Waals surface area contributed by atoms with Gasteiger partial charge in [-0.3, -0.25) is 0 Å². The lowest BCUT2D eigenvalue weighted by molar-refractivity contribution is 0.395. The molecular formula is C9H7ClN3O. The van der Waals surface area contributed by atoms with E-state index in [9.17, 15) is 0 Å². The number of methoxy groups -OCH3 is 1. The van der Waals surface area contributed by atoms with E-state index in [1.807, 2.05) is 0 Å². The van der Waals surface area contributed by atoms with E-state index in [1.54, 1.807) is 30.1 Å². The average Bonchev–Trinajstić information content (AvgIpc) is 2.70. The Morgan fingerprint density at radius 1 is 1.57 bits per heavy atom. The van der Waals surface area contributed by atoms with Gasteiger partial charge in [0.2, 0.25) is 5.88 Å². The standard InChI is InChI=1S/C9H7ClN3O/c1-14-9-8(5-7(10)6-11-9)13-4-2-3-12-13/h2,4-6H,1H3. The second-order valence-electron chi connectivity index (χ2n) is 2.57. The van der Waals surface area contributed by atoms with Crippen molar-refractivity contribution in [2.24, 2.45) is 0 Å². The molecule has 0 aliphatic heterocycles. The van der Waals surface area contributed by atoms with Gasteiger partial charge in [0.05, 0.1) is 12.1 Å². The number of hydrogen-bond donors (Lipinski definition) is 0. The molecule has 2 aromatic heterocycles. The zero-order chi connectivity index (χ0) is 9.97. The van der Waals surface area contributed by atoms with Crippen molar-refractivity contribution in [2.75, 3.05) is 7.11 Å². The Balaban J connectivity index is 2.55. The first kappa shape index (κ1) is 9.02. The summed E-state index contributed by atoms with van der Waals surface area (Å²) in [6.07, 6.45) is 5.96. The summed E-state index contributed by atoms with van der Waals surface area (Å²) in [4.78, 5) is 4.02. The molecule has 0 bridgehead atoms. The summed E-state index contributed by atoms with van der Waals surface area (Å²) in [7, 11) is 1.55. The Morgan fingerprint density at radius 3 is 3.07 bits per heavy atom. The third-order valence-electron chi connectivity index (χ3n) is 1.69. The molecule has 1 radical (unpaired) electrons. The minimum Gasteiger partial charge on any atom is -0.479 e. The molecule has 0 aromatic carbocycles. The van der Waals surface area contributed by atoms with Gasteiger partial charge in [-0.25, -0.2) is 9.67 Å². The molecule has 5 heteroatoms. The van der Waals surface area contributed by atoms with Crippen LogP contribution in [0.2, 0.25) is 5.02 Å². The number of aromatic nitrogens is 3. The van der Waals surface area contributed by atoms with Gasteiger partial charge in [0.1, 0.15) is 11.9 Å². The fourth-order valence-electron chi connectivity index (χ4n) is 1.10. The van der Waals surface area contributed by atoms with E-state index in [0.29, 0.717) is 16.6 Å². The molecule has 0 aliphatic carbocycles. The summed E-state index contributed by atoms with van der Waals surface area (Å²) in [6, 6.07) is 3.43. The third-order valence-corrected chi connectivity index (χ3v) is 1.90. The topological polar surface area (TPSA) is 39.9 Å². The van der Waals surface area contributed by atoms with Crippen molar-refractivity contribution in [3.8, 4) is 11.6 Å². The lowest BCUT2D eigenvalue weighted by atomic mass is 10.4. The van der Waals surface area contributed by atoms with Gasteiger partial charge >= 0.3 is 0 Å². The summed E-state index contributed by atoms with van der Waals surface area (Å²) in [5.74, 6) is 0.478. The summed E-state index contributed by atoms with van der Waals surface area (Å²) in [5, 5.41) is 4.49. The number of nitrogens with zero attached hydrogens (tertiary/aromatic N) is 3. The number of halogens is 1. The smallest absolute Gasteiger partial charge is 0.239 e. The fourth-order valence-corrected chi connectivity index (χ4v) is 1.26. The van der Waals surface area contributed by atoms with Crippen LogP contribution in [0.25, 0.3) is 5.69 Å². The van der Waals surface area contributed by atoms with Crippen LogP contribution in [-0.4, -0.2) is 21.9 Å². The number of pyridine rings is 1. The highest BCUT2D eigenvalue weighted by molar-refractivity contribution is 6.30. The van der Waals surface area contributed by atoms with Crippen molar-refractivity contribution >= 4 is 11.6 Å². The maximum atomic E-state index is 5.82. The lowest BCUT2D eigenvalue weighted by Crippen LogP contribution is -2.00. The van der Waals surface area contributed by atoms with Crippen LogP contribution in [0.15, 0.2) is 24.5 Å². The van der Waals surface area contributed by atoms with Crippen LogP contribution < -0.4 is 4.74 Å². The van der Waals surface area contributed by atoms with Gasteiger partial charge in [-0.1, -0.05) is 11.6 Å². The molecule has 2 heterocycles. The van der Waals surface area contributed by atoms with E-state index in [4.69, 9.17) is 16.3 Å². The first-order valence-corrected chi connectivity index (χ1v) is 4.30. The SMILES string of the molecule is COc1ncc(Cl)cc1-n1cc[c]n1. The molecule has 4 nitrogen and oxygen atoms in total. The number of rotatable bonds is 2. The molecule has 2 rings (SSSR count). The van der Waals surface area contributed by atoms with Gasteiger partial charge in [0.25, 0.3) is 0 Å². The minimum atomic E-state index is 0.478. The van der Waals surface area contributed by atoms with Gasteiger partial charge in [-0.15, -0.1) is 0 Å². The molecular weight excluding hydrogens is 202 g/mol. The molecule has 0 aliphatic rings. The van der Waals surface area contributed by atoms with Crippen LogP contribution in [0.5, 0.6) is 5.88 Å². The summed E-state index contributed by atoms with van der Waals surface area (Å²) < 4.78 is 6.67. The molecule has 14 heavy (non-hydrogen) atoms. The van der Waals surface area contributed by atoms with E-state index < -0.39 is 0 Å². The van der Waals surface area contributed by atoms with E-state index in [-0.39, 0.29) is 0 Å². The number of hydrogen-bond acceptors (Lipinski definition) is 3. The maximum absolute atomic E-state index is 5.82. The van der Waals surface area contributed by atoms with Crippen LogP contribution in [0, 0.1) is 6.20 Å². The predicted octanol–water partition coefficient (Wildman–Crippen LogP) is 1.73. The molecule has 71 valence electrons. The molecule has 0 fully saturated rings. The molecule has 0 atom stereocenters. The van der Waals surface area contributed by atoms with Crippen LogP contribution in [0.4, 0.5) is 0 Å². The Hall–Kier alpha value is -1.55. The molecule has 0 N–H and O–H groups in total. The Labute approximate surface area is 86.1 Å². The molecule has 0 saturated heterocycles. The van der Waals surface area contributed by atoms with Crippen molar-refractivity contribution in [2.45, 2.75) is 0 Å². The van der Waals surface area contributed by atoms with E-state index in [2.05, 4.69) is 16.3 Å². The molecule has 0 saturated carbocycles. The van der Waals surface area contributed by atoms with E-state index in [0.717, 1.165) is 0 Å². The van der Waals surface area contributed by atoms with Crippen LogP contribution in [0.3, 0.4) is 0 Å².